The molecule has 0 bridgehead atoms. The molecule has 0 radical (unpaired) electrons. The number of aromatic amines is 1. The smallest absolute Gasteiger partial charge is 0.206 e. The van der Waals surface area contributed by atoms with E-state index in [-0.39, 0.29) is 0 Å². The van der Waals surface area contributed by atoms with Crippen molar-refractivity contribution >= 4 is 22.8 Å². The summed E-state index contributed by atoms with van der Waals surface area (Å²) in [4.78, 5) is 8.38. The van der Waals surface area contributed by atoms with Crippen LogP contribution in [0.5, 0.6) is 0 Å². The monoisotopic (exact) mass is 211 g/mol. The molecule has 0 aliphatic rings. The normalized spacial score (nSPS) is 11.0. The zero-order valence-corrected chi connectivity index (χ0v) is 8.54. The molecule has 0 aliphatic carbocycles. The lowest BCUT2D eigenvalue weighted by Gasteiger charge is -1.98. The van der Waals surface area contributed by atoms with Crippen molar-refractivity contribution < 1.29 is 0 Å². The van der Waals surface area contributed by atoms with Gasteiger partial charge in [-0.05, 0) is 6.42 Å². The van der Waals surface area contributed by atoms with Crippen LogP contribution < -0.4 is 0 Å². The molecule has 0 saturated heterocycles. The highest BCUT2D eigenvalue weighted by atomic mass is 35.5. The second-order valence-electron chi connectivity index (χ2n) is 3.03. The van der Waals surface area contributed by atoms with Crippen molar-refractivity contribution in [1.29, 1.82) is 0 Å². The van der Waals surface area contributed by atoms with Gasteiger partial charge in [0.15, 0.2) is 10.7 Å². The zero-order chi connectivity index (χ0) is 9.97. The first-order valence-electron chi connectivity index (χ1n) is 4.54. The van der Waals surface area contributed by atoms with E-state index in [0.29, 0.717) is 16.3 Å². The molecule has 74 valence electrons. The molecular weight excluding hydrogens is 202 g/mol. The summed E-state index contributed by atoms with van der Waals surface area (Å²) in [5, 5.41) is 10.6. The fourth-order valence-electron chi connectivity index (χ4n) is 1.20. The summed E-state index contributed by atoms with van der Waals surface area (Å²) >= 11 is 5.91. The van der Waals surface area contributed by atoms with Gasteiger partial charge in [0.1, 0.15) is 5.82 Å². The van der Waals surface area contributed by atoms with Crippen LogP contribution in [0.2, 0.25) is 5.15 Å². The average Bonchev–Trinajstić information content (AvgIpc) is 2.63. The molecule has 0 fully saturated rings. The van der Waals surface area contributed by atoms with E-state index < -0.39 is 0 Å². The molecule has 2 rings (SSSR count). The lowest BCUT2D eigenvalue weighted by Crippen LogP contribution is -1.96. The number of halogens is 1. The highest BCUT2D eigenvalue weighted by molar-refractivity contribution is 6.33. The summed E-state index contributed by atoms with van der Waals surface area (Å²) in [6.45, 7) is 2.12. The molecule has 6 heteroatoms. The van der Waals surface area contributed by atoms with Crippen molar-refractivity contribution in [2.45, 2.75) is 26.2 Å². The molecule has 2 aromatic heterocycles. The fourth-order valence-corrected chi connectivity index (χ4v) is 1.43. The Morgan fingerprint density at radius 3 is 2.93 bits per heavy atom. The molecule has 0 atom stereocenters. The Hall–Kier alpha value is -1.23. The Kier molecular flexibility index (Phi) is 2.58. The molecule has 0 amide bonds. The van der Waals surface area contributed by atoms with Crippen LogP contribution >= 0.6 is 11.6 Å². The van der Waals surface area contributed by atoms with Crippen molar-refractivity contribution in [1.82, 2.24) is 25.4 Å². The SMILES string of the molecule is CCCCc1nc(Cl)c2n[nH]nc2n1. The highest BCUT2D eigenvalue weighted by Crippen LogP contribution is 2.15. The van der Waals surface area contributed by atoms with E-state index in [1.54, 1.807) is 0 Å². The number of aryl methyl sites for hydroxylation is 1. The highest BCUT2D eigenvalue weighted by Gasteiger charge is 2.08. The van der Waals surface area contributed by atoms with Crippen molar-refractivity contribution in [3.8, 4) is 0 Å². The number of unbranched alkanes of at least 4 members (excludes halogenated alkanes) is 1. The minimum absolute atomic E-state index is 0.370. The topological polar surface area (TPSA) is 67.3 Å². The summed E-state index contributed by atoms with van der Waals surface area (Å²) in [6.07, 6.45) is 3.00. The first kappa shape index (κ1) is 9.33. The average molecular weight is 212 g/mol. The van der Waals surface area contributed by atoms with Crippen LogP contribution in [0.15, 0.2) is 0 Å². The lowest BCUT2D eigenvalue weighted by atomic mass is 10.2. The second-order valence-corrected chi connectivity index (χ2v) is 3.39. The third-order valence-corrected chi connectivity index (χ3v) is 2.20. The van der Waals surface area contributed by atoms with Crippen LogP contribution in [0.1, 0.15) is 25.6 Å². The van der Waals surface area contributed by atoms with Gasteiger partial charge in [-0.2, -0.15) is 10.3 Å². The van der Waals surface area contributed by atoms with Crippen molar-refractivity contribution in [3.63, 3.8) is 0 Å². The third-order valence-electron chi connectivity index (χ3n) is 1.94. The maximum atomic E-state index is 5.91. The summed E-state index contributed by atoms with van der Waals surface area (Å²) in [5.41, 5.74) is 1.07. The van der Waals surface area contributed by atoms with Gasteiger partial charge in [0.25, 0.3) is 0 Å². The standard InChI is InChI=1S/C8H10ClN5/c1-2-3-4-5-10-7(9)6-8(11-5)13-14-12-6/h2-4H2,1H3,(H,10,11,12,13,14). The van der Waals surface area contributed by atoms with Gasteiger partial charge >= 0.3 is 0 Å². The van der Waals surface area contributed by atoms with Gasteiger partial charge in [0.05, 0.1) is 0 Å². The Morgan fingerprint density at radius 1 is 1.29 bits per heavy atom. The van der Waals surface area contributed by atoms with Crippen molar-refractivity contribution in [2.24, 2.45) is 0 Å². The van der Waals surface area contributed by atoms with Gasteiger partial charge in [-0.1, -0.05) is 24.9 Å². The molecule has 14 heavy (non-hydrogen) atoms. The minimum Gasteiger partial charge on any atom is -0.219 e. The number of rotatable bonds is 3. The summed E-state index contributed by atoms with van der Waals surface area (Å²) in [7, 11) is 0. The fraction of sp³-hybridized carbons (Fsp3) is 0.500. The number of nitrogens with zero attached hydrogens (tertiary/aromatic N) is 4. The molecule has 1 N–H and O–H groups in total. The van der Waals surface area contributed by atoms with Gasteiger partial charge in [-0.15, -0.1) is 5.10 Å². The van der Waals surface area contributed by atoms with Gasteiger partial charge in [-0.25, -0.2) is 9.97 Å². The van der Waals surface area contributed by atoms with Gasteiger partial charge in [-0.3, -0.25) is 0 Å². The van der Waals surface area contributed by atoms with E-state index in [0.717, 1.165) is 25.1 Å². The first-order valence-corrected chi connectivity index (χ1v) is 4.92. The predicted octanol–water partition coefficient (Wildman–Crippen LogP) is 1.74. The molecule has 0 saturated carbocycles. The molecular formula is C8H10ClN5. The van der Waals surface area contributed by atoms with E-state index in [9.17, 15) is 0 Å². The van der Waals surface area contributed by atoms with Crippen LogP contribution in [-0.4, -0.2) is 25.4 Å². The first-order chi connectivity index (χ1) is 6.81. The van der Waals surface area contributed by atoms with Crippen LogP contribution in [-0.2, 0) is 6.42 Å². The number of fused-ring (bicyclic) bond motifs is 1. The predicted molar refractivity (Wildman–Crippen MR) is 53.1 cm³/mol. The van der Waals surface area contributed by atoms with Crippen LogP contribution in [0.3, 0.4) is 0 Å². The number of hydrogen-bond acceptors (Lipinski definition) is 4. The summed E-state index contributed by atoms with van der Waals surface area (Å²) < 4.78 is 0. The molecule has 0 aliphatic heterocycles. The maximum Gasteiger partial charge on any atom is 0.206 e. The molecule has 0 spiro atoms. The van der Waals surface area contributed by atoms with E-state index in [1.165, 1.54) is 0 Å². The number of aromatic nitrogens is 5. The second kappa shape index (κ2) is 3.88. The Morgan fingerprint density at radius 2 is 2.14 bits per heavy atom. The van der Waals surface area contributed by atoms with Crippen molar-refractivity contribution in [3.05, 3.63) is 11.0 Å². The Balaban J connectivity index is 2.38. The quantitative estimate of drug-likeness (QED) is 0.786. The Labute approximate surface area is 85.9 Å². The number of H-pyrrole nitrogens is 1. The van der Waals surface area contributed by atoms with Gasteiger partial charge in [0, 0.05) is 6.42 Å². The van der Waals surface area contributed by atoms with Crippen LogP contribution in [0.25, 0.3) is 11.2 Å². The van der Waals surface area contributed by atoms with Gasteiger partial charge < -0.3 is 0 Å². The van der Waals surface area contributed by atoms with Gasteiger partial charge in [0.2, 0.25) is 5.65 Å². The number of nitrogens with one attached hydrogen (secondary N) is 1. The summed E-state index contributed by atoms with van der Waals surface area (Å²) in [5.74, 6) is 0.734. The largest absolute Gasteiger partial charge is 0.219 e. The van der Waals surface area contributed by atoms with E-state index in [4.69, 9.17) is 11.6 Å². The van der Waals surface area contributed by atoms with E-state index in [1.807, 2.05) is 0 Å². The molecule has 2 aromatic rings. The zero-order valence-electron chi connectivity index (χ0n) is 7.79. The van der Waals surface area contributed by atoms with E-state index in [2.05, 4.69) is 32.3 Å². The molecule has 0 aromatic carbocycles. The van der Waals surface area contributed by atoms with Crippen LogP contribution in [0, 0.1) is 0 Å². The third kappa shape index (κ3) is 1.68. The number of hydrogen-bond donors (Lipinski definition) is 1. The molecule has 5 nitrogen and oxygen atoms in total. The molecule has 0 unspecified atom stereocenters. The maximum absolute atomic E-state index is 5.91. The Bertz CT molecular complexity index is 438. The lowest BCUT2D eigenvalue weighted by molar-refractivity contribution is 0.756. The summed E-state index contributed by atoms with van der Waals surface area (Å²) in [6, 6.07) is 0. The molecule has 2 heterocycles. The van der Waals surface area contributed by atoms with E-state index >= 15 is 0 Å². The van der Waals surface area contributed by atoms with Crippen molar-refractivity contribution in [2.75, 3.05) is 0 Å². The van der Waals surface area contributed by atoms with Crippen LogP contribution in [0.4, 0.5) is 0 Å². The minimum atomic E-state index is 0.370.